The number of likely N-dealkylation sites (tertiary alicyclic amines) is 1. The predicted molar refractivity (Wildman–Crippen MR) is 85.2 cm³/mol. The highest BCUT2D eigenvalue weighted by atomic mass is 35.5. The number of hydrogen-bond donors (Lipinski definition) is 2. The average Bonchev–Trinajstić information content (AvgIpc) is 3.00. The summed E-state index contributed by atoms with van der Waals surface area (Å²) < 4.78 is 26.4. The molecule has 0 aliphatic carbocycles. The van der Waals surface area contributed by atoms with E-state index in [0.717, 1.165) is 30.6 Å². The van der Waals surface area contributed by atoms with E-state index in [1.165, 1.54) is 6.07 Å². The van der Waals surface area contributed by atoms with Gasteiger partial charge in [-0.1, -0.05) is 6.07 Å². The number of carbonyl (C=O) groups is 1. The number of nitrogens with one attached hydrogen (secondary N) is 1. The van der Waals surface area contributed by atoms with Crippen molar-refractivity contribution >= 4 is 39.7 Å². The van der Waals surface area contributed by atoms with Crippen molar-refractivity contribution in [2.75, 3.05) is 19.6 Å². The summed E-state index contributed by atoms with van der Waals surface area (Å²) in [6.45, 7) is 0.863. The zero-order valence-corrected chi connectivity index (χ0v) is 14.0. The largest absolute Gasteiger partial charge is 0.337 e. The zero-order chi connectivity index (χ0) is 14.6. The molecule has 0 spiro atoms. The number of amides is 1. The number of halogens is 1. The second-order valence-corrected chi connectivity index (χ2v) is 7.67. The molecule has 1 amide bonds. The molecule has 9 heteroatoms. The van der Waals surface area contributed by atoms with Crippen molar-refractivity contribution < 1.29 is 13.2 Å². The van der Waals surface area contributed by atoms with Gasteiger partial charge in [-0.2, -0.15) is 0 Å². The van der Waals surface area contributed by atoms with Gasteiger partial charge in [0.2, 0.25) is 5.91 Å². The van der Waals surface area contributed by atoms with E-state index in [9.17, 15) is 13.2 Å². The lowest BCUT2D eigenvalue weighted by Crippen LogP contribution is -2.50. The Morgan fingerprint density at radius 2 is 2.24 bits per heavy atom. The number of nitrogens with two attached hydrogens (primary N) is 1. The topological polar surface area (TPSA) is 92.5 Å². The third-order valence-corrected chi connectivity index (χ3v) is 6.19. The van der Waals surface area contributed by atoms with E-state index in [1.54, 1.807) is 16.3 Å². The van der Waals surface area contributed by atoms with Crippen LogP contribution in [0.3, 0.4) is 0 Å². The van der Waals surface area contributed by atoms with Gasteiger partial charge >= 0.3 is 0 Å². The van der Waals surface area contributed by atoms with Gasteiger partial charge in [-0.15, -0.1) is 23.7 Å². The molecular formula is C12H20ClN3O3S2. The quantitative estimate of drug-likeness (QED) is 0.818. The Balaban J connectivity index is 0.00000220. The van der Waals surface area contributed by atoms with Crippen LogP contribution in [-0.2, 0) is 14.8 Å². The Morgan fingerprint density at radius 1 is 1.48 bits per heavy atom. The van der Waals surface area contributed by atoms with E-state index in [1.807, 2.05) is 0 Å². The molecule has 3 N–H and O–H groups in total. The summed E-state index contributed by atoms with van der Waals surface area (Å²) in [5.74, 6) is -0.208. The second kappa shape index (κ2) is 8.09. The molecule has 1 fully saturated rings. The first-order chi connectivity index (χ1) is 9.54. The number of piperidine rings is 1. The van der Waals surface area contributed by atoms with Crippen molar-refractivity contribution in [1.29, 1.82) is 0 Å². The van der Waals surface area contributed by atoms with Crippen LogP contribution in [0.15, 0.2) is 21.7 Å². The van der Waals surface area contributed by atoms with Gasteiger partial charge in [-0.05, 0) is 30.7 Å². The lowest BCUT2D eigenvalue weighted by Gasteiger charge is -2.35. The maximum Gasteiger partial charge on any atom is 0.250 e. The number of carbonyl (C=O) groups excluding carboxylic acids is 1. The molecule has 1 aromatic rings. The van der Waals surface area contributed by atoms with Gasteiger partial charge in [0.15, 0.2) is 0 Å². The van der Waals surface area contributed by atoms with E-state index in [4.69, 9.17) is 5.73 Å². The zero-order valence-electron chi connectivity index (χ0n) is 11.5. The van der Waals surface area contributed by atoms with Gasteiger partial charge in [0, 0.05) is 19.1 Å². The maximum absolute atomic E-state index is 12.1. The molecule has 0 radical (unpaired) electrons. The number of hydrogen-bond acceptors (Lipinski definition) is 5. The molecule has 21 heavy (non-hydrogen) atoms. The highest BCUT2D eigenvalue weighted by Crippen LogP contribution is 2.17. The van der Waals surface area contributed by atoms with Gasteiger partial charge in [-0.3, -0.25) is 4.79 Å². The molecule has 1 atom stereocenters. The van der Waals surface area contributed by atoms with Gasteiger partial charge in [-0.25, -0.2) is 13.1 Å². The molecular weight excluding hydrogens is 334 g/mol. The Morgan fingerprint density at radius 3 is 2.86 bits per heavy atom. The molecule has 6 nitrogen and oxygen atoms in total. The molecule has 1 aliphatic heterocycles. The van der Waals surface area contributed by atoms with E-state index in [0.29, 0.717) is 13.1 Å². The van der Waals surface area contributed by atoms with Crippen LogP contribution in [-0.4, -0.2) is 44.9 Å². The van der Waals surface area contributed by atoms with Crippen LogP contribution in [0.4, 0.5) is 0 Å². The lowest BCUT2D eigenvalue weighted by atomic mass is 10.0. The standard InChI is InChI=1S/C12H19N3O3S2.ClH/c13-8-10-4-1-2-6-15(10)11(16)9-14-20(17,18)12-5-3-7-19-12;/h3,5,7,10,14H,1-2,4,6,8-9,13H2;1H. The van der Waals surface area contributed by atoms with E-state index >= 15 is 0 Å². The SMILES string of the molecule is Cl.NCC1CCCCN1C(=O)CNS(=O)(=O)c1cccs1. The number of sulfonamides is 1. The highest BCUT2D eigenvalue weighted by Gasteiger charge is 2.26. The Bertz CT molecular complexity index is 548. The Kier molecular flexibility index (Phi) is 7.08. The number of thiophene rings is 1. The van der Waals surface area contributed by atoms with Gasteiger partial charge in [0.1, 0.15) is 4.21 Å². The first-order valence-corrected chi connectivity index (χ1v) is 8.93. The average molecular weight is 354 g/mol. The molecule has 0 aromatic carbocycles. The van der Waals surface area contributed by atoms with Crippen molar-refractivity contribution in [2.24, 2.45) is 5.73 Å². The molecule has 1 aliphatic rings. The van der Waals surface area contributed by atoms with Crippen LogP contribution in [0.5, 0.6) is 0 Å². The van der Waals surface area contributed by atoms with Crippen molar-refractivity contribution in [3.8, 4) is 0 Å². The Labute approximate surface area is 135 Å². The van der Waals surface area contributed by atoms with Crippen LogP contribution >= 0.6 is 23.7 Å². The summed E-state index contributed by atoms with van der Waals surface area (Å²) in [6, 6.07) is 3.21. The van der Waals surface area contributed by atoms with E-state index in [2.05, 4.69) is 4.72 Å². The molecule has 2 heterocycles. The van der Waals surface area contributed by atoms with Crippen LogP contribution in [0.1, 0.15) is 19.3 Å². The van der Waals surface area contributed by atoms with Gasteiger partial charge in [0.05, 0.1) is 6.54 Å². The Hall–Kier alpha value is -0.670. The molecule has 0 saturated carbocycles. The first-order valence-electron chi connectivity index (χ1n) is 6.57. The minimum Gasteiger partial charge on any atom is -0.337 e. The lowest BCUT2D eigenvalue weighted by molar-refractivity contribution is -0.133. The maximum atomic E-state index is 12.1. The molecule has 120 valence electrons. The minimum absolute atomic E-state index is 0. The molecule has 1 aromatic heterocycles. The van der Waals surface area contributed by atoms with Crippen LogP contribution < -0.4 is 10.5 Å². The first kappa shape index (κ1) is 18.4. The third kappa shape index (κ3) is 4.65. The molecule has 0 bridgehead atoms. The molecule has 1 saturated heterocycles. The highest BCUT2D eigenvalue weighted by molar-refractivity contribution is 7.91. The fourth-order valence-corrected chi connectivity index (χ4v) is 4.33. The van der Waals surface area contributed by atoms with Crippen molar-refractivity contribution in [2.45, 2.75) is 29.5 Å². The fraction of sp³-hybridized carbons (Fsp3) is 0.583. The normalized spacial score (nSPS) is 19.1. The van der Waals surface area contributed by atoms with Crippen molar-refractivity contribution in [3.05, 3.63) is 17.5 Å². The van der Waals surface area contributed by atoms with Crippen LogP contribution in [0, 0.1) is 0 Å². The molecule has 2 rings (SSSR count). The van der Waals surface area contributed by atoms with Crippen LogP contribution in [0.2, 0.25) is 0 Å². The molecule has 1 unspecified atom stereocenters. The summed E-state index contributed by atoms with van der Waals surface area (Å²) >= 11 is 1.13. The number of rotatable bonds is 5. The van der Waals surface area contributed by atoms with Crippen molar-refractivity contribution in [1.82, 2.24) is 9.62 Å². The van der Waals surface area contributed by atoms with E-state index in [-0.39, 0.29) is 35.1 Å². The summed E-state index contributed by atoms with van der Waals surface area (Å²) in [6.07, 6.45) is 2.90. The summed E-state index contributed by atoms with van der Waals surface area (Å²) in [7, 11) is -3.59. The summed E-state index contributed by atoms with van der Waals surface area (Å²) in [4.78, 5) is 13.8. The summed E-state index contributed by atoms with van der Waals surface area (Å²) in [5, 5.41) is 1.69. The summed E-state index contributed by atoms with van der Waals surface area (Å²) in [5.41, 5.74) is 5.66. The van der Waals surface area contributed by atoms with Gasteiger partial charge < -0.3 is 10.6 Å². The van der Waals surface area contributed by atoms with Crippen molar-refractivity contribution in [3.63, 3.8) is 0 Å². The van der Waals surface area contributed by atoms with E-state index < -0.39 is 10.0 Å². The van der Waals surface area contributed by atoms with Crippen LogP contribution in [0.25, 0.3) is 0 Å². The third-order valence-electron chi connectivity index (χ3n) is 3.39. The van der Waals surface area contributed by atoms with Gasteiger partial charge in [0.25, 0.3) is 10.0 Å². The predicted octanol–water partition coefficient (Wildman–Crippen LogP) is 0.788. The monoisotopic (exact) mass is 353 g/mol. The fourth-order valence-electron chi connectivity index (χ4n) is 2.32. The second-order valence-electron chi connectivity index (χ2n) is 4.73. The minimum atomic E-state index is -3.59. The number of nitrogens with zero attached hydrogens (tertiary/aromatic N) is 1. The smallest absolute Gasteiger partial charge is 0.250 e.